The zero-order valence-corrected chi connectivity index (χ0v) is 11.5. The predicted molar refractivity (Wildman–Crippen MR) is 69.7 cm³/mol. The van der Waals surface area contributed by atoms with Crippen LogP contribution in [-0.4, -0.2) is 26.3 Å². The van der Waals surface area contributed by atoms with Gasteiger partial charge in [0.05, 0.1) is 0 Å². The molecule has 0 aromatic heterocycles. The van der Waals surface area contributed by atoms with E-state index in [4.69, 9.17) is 4.74 Å². The van der Waals surface area contributed by atoms with E-state index >= 15 is 0 Å². The maximum atomic E-state index is 5.18. The smallest absolute Gasteiger partial charge is 0.0477 e. The lowest BCUT2D eigenvalue weighted by Crippen LogP contribution is -2.40. The molecule has 1 aliphatic carbocycles. The summed E-state index contributed by atoms with van der Waals surface area (Å²) in [7, 11) is 1.79. The fraction of sp³-hybridized carbons (Fsp3) is 1.00. The van der Waals surface area contributed by atoms with Crippen molar-refractivity contribution in [2.75, 3.05) is 20.3 Å². The Morgan fingerprint density at radius 2 is 1.88 bits per heavy atom. The highest BCUT2D eigenvalue weighted by Gasteiger charge is 2.29. The SMILES string of the molecule is COCCC(NCC1(C)CCCC1)C(C)C. The lowest BCUT2D eigenvalue weighted by Gasteiger charge is -2.29. The van der Waals surface area contributed by atoms with Crippen molar-refractivity contribution >= 4 is 0 Å². The quantitative estimate of drug-likeness (QED) is 0.721. The van der Waals surface area contributed by atoms with E-state index in [0.717, 1.165) is 13.0 Å². The maximum Gasteiger partial charge on any atom is 0.0477 e. The Morgan fingerprint density at radius 3 is 2.38 bits per heavy atom. The highest BCUT2D eigenvalue weighted by molar-refractivity contribution is 4.84. The summed E-state index contributed by atoms with van der Waals surface area (Å²) in [5.74, 6) is 0.695. The molecule has 0 saturated heterocycles. The molecule has 1 N–H and O–H groups in total. The Bertz CT molecular complexity index is 185. The molecule has 16 heavy (non-hydrogen) atoms. The van der Waals surface area contributed by atoms with Gasteiger partial charge in [-0.3, -0.25) is 0 Å². The summed E-state index contributed by atoms with van der Waals surface area (Å²) >= 11 is 0. The number of hydrogen-bond donors (Lipinski definition) is 1. The van der Waals surface area contributed by atoms with Gasteiger partial charge in [-0.25, -0.2) is 0 Å². The van der Waals surface area contributed by atoms with Crippen LogP contribution in [0.25, 0.3) is 0 Å². The van der Waals surface area contributed by atoms with E-state index in [-0.39, 0.29) is 0 Å². The van der Waals surface area contributed by atoms with Crippen LogP contribution in [0, 0.1) is 11.3 Å². The fourth-order valence-corrected chi connectivity index (χ4v) is 2.70. The van der Waals surface area contributed by atoms with Crippen molar-refractivity contribution in [1.29, 1.82) is 0 Å². The molecule has 1 rings (SSSR count). The van der Waals surface area contributed by atoms with Gasteiger partial charge in [0.2, 0.25) is 0 Å². The van der Waals surface area contributed by atoms with Crippen molar-refractivity contribution in [2.45, 2.75) is 58.9 Å². The number of hydrogen-bond acceptors (Lipinski definition) is 2. The third-order valence-electron chi connectivity index (χ3n) is 4.04. The Balaban J connectivity index is 2.31. The van der Waals surface area contributed by atoms with Crippen molar-refractivity contribution in [3.8, 4) is 0 Å². The summed E-state index contributed by atoms with van der Waals surface area (Å²) in [6, 6.07) is 0.609. The van der Waals surface area contributed by atoms with Crippen molar-refractivity contribution < 1.29 is 4.74 Å². The predicted octanol–water partition coefficient (Wildman–Crippen LogP) is 3.22. The number of methoxy groups -OCH3 is 1. The molecular formula is C14H29NO. The van der Waals surface area contributed by atoms with Crippen LogP contribution in [0.15, 0.2) is 0 Å². The van der Waals surface area contributed by atoms with Crippen LogP contribution in [0.5, 0.6) is 0 Å². The van der Waals surface area contributed by atoms with Crippen LogP contribution in [0.3, 0.4) is 0 Å². The highest BCUT2D eigenvalue weighted by atomic mass is 16.5. The van der Waals surface area contributed by atoms with Gasteiger partial charge in [-0.05, 0) is 30.6 Å². The summed E-state index contributed by atoms with van der Waals surface area (Å²) in [6.45, 7) is 9.07. The van der Waals surface area contributed by atoms with E-state index < -0.39 is 0 Å². The number of ether oxygens (including phenoxy) is 1. The van der Waals surface area contributed by atoms with Crippen LogP contribution in [0.2, 0.25) is 0 Å². The van der Waals surface area contributed by atoms with Crippen molar-refractivity contribution in [3.63, 3.8) is 0 Å². The van der Waals surface area contributed by atoms with Gasteiger partial charge >= 0.3 is 0 Å². The molecule has 96 valence electrons. The number of nitrogens with one attached hydrogen (secondary N) is 1. The van der Waals surface area contributed by atoms with Crippen molar-refractivity contribution in [3.05, 3.63) is 0 Å². The van der Waals surface area contributed by atoms with Gasteiger partial charge in [0, 0.05) is 26.3 Å². The average Bonchev–Trinajstić information content (AvgIpc) is 2.65. The van der Waals surface area contributed by atoms with Gasteiger partial charge in [-0.15, -0.1) is 0 Å². The van der Waals surface area contributed by atoms with Crippen LogP contribution < -0.4 is 5.32 Å². The standard InChI is InChI=1S/C14H29NO/c1-12(2)13(7-10-16-4)15-11-14(3)8-5-6-9-14/h12-13,15H,5-11H2,1-4H3. The molecule has 0 aliphatic heterocycles. The molecule has 0 spiro atoms. The van der Waals surface area contributed by atoms with Gasteiger partial charge < -0.3 is 10.1 Å². The molecule has 1 atom stereocenters. The third-order valence-corrected chi connectivity index (χ3v) is 4.04. The molecule has 2 heteroatoms. The molecule has 0 amide bonds. The van der Waals surface area contributed by atoms with Gasteiger partial charge in [0.15, 0.2) is 0 Å². The van der Waals surface area contributed by atoms with E-state index in [1.165, 1.54) is 32.2 Å². The topological polar surface area (TPSA) is 21.3 Å². The Hall–Kier alpha value is -0.0800. The first kappa shape index (κ1) is 14.0. The minimum atomic E-state index is 0.556. The van der Waals surface area contributed by atoms with Crippen LogP contribution in [-0.2, 0) is 4.74 Å². The number of rotatable bonds is 7. The fourth-order valence-electron chi connectivity index (χ4n) is 2.70. The largest absolute Gasteiger partial charge is 0.385 e. The van der Waals surface area contributed by atoms with Gasteiger partial charge in [-0.2, -0.15) is 0 Å². The van der Waals surface area contributed by atoms with Crippen molar-refractivity contribution in [2.24, 2.45) is 11.3 Å². The molecule has 1 unspecified atom stereocenters. The zero-order chi connectivity index (χ0) is 12.0. The van der Waals surface area contributed by atoms with Crippen LogP contribution in [0.4, 0.5) is 0 Å². The summed E-state index contributed by atoms with van der Waals surface area (Å²) in [5.41, 5.74) is 0.556. The van der Waals surface area contributed by atoms with E-state index in [2.05, 4.69) is 26.1 Å². The molecular weight excluding hydrogens is 198 g/mol. The molecule has 0 heterocycles. The summed E-state index contributed by atoms with van der Waals surface area (Å²) in [6.07, 6.45) is 6.76. The highest BCUT2D eigenvalue weighted by Crippen LogP contribution is 2.36. The zero-order valence-electron chi connectivity index (χ0n) is 11.5. The second-order valence-corrected chi connectivity index (χ2v) is 6.03. The normalized spacial score (nSPS) is 21.6. The molecule has 1 fully saturated rings. The van der Waals surface area contributed by atoms with Gasteiger partial charge in [0.25, 0.3) is 0 Å². The third kappa shape index (κ3) is 4.42. The first-order chi connectivity index (χ1) is 7.57. The molecule has 2 nitrogen and oxygen atoms in total. The second kappa shape index (κ2) is 6.61. The second-order valence-electron chi connectivity index (χ2n) is 6.03. The van der Waals surface area contributed by atoms with Gasteiger partial charge in [-0.1, -0.05) is 33.6 Å². The Kier molecular flexibility index (Phi) is 5.77. The first-order valence-electron chi connectivity index (χ1n) is 6.80. The Labute approximate surface area is 101 Å². The van der Waals surface area contributed by atoms with Crippen molar-refractivity contribution in [1.82, 2.24) is 5.32 Å². The first-order valence-corrected chi connectivity index (χ1v) is 6.80. The van der Waals surface area contributed by atoms with E-state index in [1.54, 1.807) is 7.11 Å². The monoisotopic (exact) mass is 227 g/mol. The molecule has 0 radical (unpaired) electrons. The lowest BCUT2D eigenvalue weighted by molar-refractivity contribution is 0.167. The maximum absolute atomic E-state index is 5.18. The molecule has 1 aliphatic rings. The Morgan fingerprint density at radius 1 is 1.25 bits per heavy atom. The summed E-state index contributed by atoms with van der Waals surface area (Å²) < 4.78 is 5.18. The molecule has 0 aromatic carbocycles. The van der Waals surface area contributed by atoms with Crippen LogP contribution >= 0.6 is 0 Å². The minimum Gasteiger partial charge on any atom is -0.385 e. The molecule has 0 bridgehead atoms. The average molecular weight is 227 g/mol. The van der Waals surface area contributed by atoms with E-state index in [9.17, 15) is 0 Å². The van der Waals surface area contributed by atoms with Crippen LogP contribution in [0.1, 0.15) is 52.9 Å². The summed E-state index contributed by atoms with van der Waals surface area (Å²) in [5, 5.41) is 3.76. The molecule has 0 aromatic rings. The van der Waals surface area contributed by atoms with E-state index in [1.807, 2.05) is 0 Å². The summed E-state index contributed by atoms with van der Waals surface area (Å²) in [4.78, 5) is 0. The molecule has 1 saturated carbocycles. The minimum absolute atomic E-state index is 0.556. The lowest BCUT2D eigenvalue weighted by atomic mass is 9.88. The van der Waals surface area contributed by atoms with Gasteiger partial charge in [0.1, 0.15) is 0 Å². The van der Waals surface area contributed by atoms with E-state index in [0.29, 0.717) is 17.4 Å².